The van der Waals surface area contributed by atoms with Crippen LogP contribution in [0.2, 0.25) is 0 Å². The maximum atomic E-state index is 9.98. The summed E-state index contributed by atoms with van der Waals surface area (Å²) in [4.78, 5) is 20.0. The van der Waals surface area contributed by atoms with Gasteiger partial charge in [0.05, 0.1) is 0 Å². The Morgan fingerprint density at radius 1 is 0.800 bits per heavy atom. The zero-order valence-corrected chi connectivity index (χ0v) is 12.5. The first kappa shape index (κ1) is 19.6. The van der Waals surface area contributed by atoms with Crippen LogP contribution in [-0.4, -0.2) is 11.6 Å². The van der Waals surface area contributed by atoms with E-state index in [-0.39, 0.29) is 42.6 Å². The van der Waals surface area contributed by atoms with Gasteiger partial charge in [-0.3, -0.25) is 9.59 Å². The van der Waals surface area contributed by atoms with Gasteiger partial charge in [-0.05, 0) is 26.0 Å². The molecule has 0 spiro atoms. The van der Waals surface area contributed by atoms with Gasteiger partial charge >= 0.3 is 19.5 Å². The van der Waals surface area contributed by atoms with Crippen molar-refractivity contribution < 1.29 is 39.3 Å². The van der Waals surface area contributed by atoms with Gasteiger partial charge in [-0.1, -0.05) is 13.8 Å². The Morgan fingerprint density at radius 3 is 1.00 bits per heavy atom. The minimum absolute atomic E-state index is 0. The summed E-state index contributed by atoms with van der Waals surface area (Å²) >= 11 is 0. The van der Waals surface area contributed by atoms with E-state index in [9.17, 15) is 19.8 Å². The van der Waals surface area contributed by atoms with Gasteiger partial charge in [0.15, 0.2) is 11.6 Å². The quantitative estimate of drug-likeness (QED) is 0.388. The van der Waals surface area contributed by atoms with Crippen LogP contribution in [0.3, 0.4) is 0 Å². The Morgan fingerprint density at radius 2 is 1.00 bits per heavy atom. The minimum Gasteiger partial charge on any atom is -0.876 e. The summed E-state index contributed by atoms with van der Waals surface area (Å²) in [5, 5.41) is 20.0. The van der Waals surface area contributed by atoms with Crippen molar-refractivity contribution in [1.29, 1.82) is 0 Å². The van der Waals surface area contributed by atoms with Crippen molar-refractivity contribution >= 4 is 11.6 Å². The van der Waals surface area contributed by atoms with Crippen molar-refractivity contribution in [3.05, 3.63) is 23.7 Å². The second-order valence-electron chi connectivity index (χ2n) is 2.73. The second kappa shape index (κ2) is 11.1. The van der Waals surface area contributed by atoms with Gasteiger partial charge in [-0.15, -0.1) is 11.5 Å². The molecule has 80 valence electrons. The largest absolute Gasteiger partial charge is 2.00 e. The molecule has 0 atom stereocenters. The van der Waals surface area contributed by atoms with Crippen LogP contribution in [0.25, 0.3) is 0 Å². The molecule has 0 bridgehead atoms. The molecule has 0 unspecified atom stereocenters. The zero-order chi connectivity index (χ0) is 11.7. The van der Waals surface area contributed by atoms with Crippen LogP contribution >= 0.6 is 0 Å². The average molecular weight is 264 g/mol. The van der Waals surface area contributed by atoms with E-state index in [0.29, 0.717) is 0 Å². The molecule has 0 aliphatic rings. The summed E-state index contributed by atoms with van der Waals surface area (Å²) in [7, 11) is 0. The van der Waals surface area contributed by atoms with E-state index in [1.165, 1.54) is 27.7 Å². The van der Waals surface area contributed by atoms with Gasteiger partial charge in [0.2, 0.25) is 0 Å². The van der Waals surface area contributed by atoms with E-state index in [1.807, 2.05) is 0 Å². The molecule has 0 amide bonds. The number of carbonyl (C=O) groups is 2. The first-order chi connectivity index (χ1) is 6.25. The van der Waals surface area contributed by atoms with Crippen molar-refractivity contribution in [2.75, 3.05) is 0 Å². The molecule has 0 aromatic rings. The van der Waals surface area contributed by atoms with Crippen molar-refractivity contribution in [2.45, 2.75) is 27.7 Å². The molecule has 0 saturated heterocycles. The third-order valence-electron chi connectivity index (χ3n) is 0.813. The van der Waals surface area contributed by atoms with Gasteiger partial charge in [-0.25, -0.2) is 0 Å². The van der Waals surface area contributed by atoms with Crippen LogP contribution in [-0.2, 0) is 29.1 Å². The predicted octanol–water partition coefficient (Wildman–Crippen LogP) is -0.324. The van der Waals surface area contributed by atoms with E-state index < -0.39 is 0 Å². The second-order valence-corrected chi connectivity index (χ2v) is 2.73. The Kier molecular flexibility index (Phi) is 14.5. The summed E-state index contributed by atoms with van der Waals surface area (Å²) in [6.45, 7) is 5.39. The van der Waals surface area contributed by atoms with E-state index in [1.54, 1.807) is 0 Å². The fourth-order valence-corrected chi connectivity index (χ4v) is 0.572. The topological polar surface area (TPSA) is 80.3 Å². The molecule has 0 aromatic carbocycles. The molecule has 0 aliphatic heterocycles. The van der Waals surface area contributed by atoms with Crippen LogP contribution in [0.4, 0.5) is 0 Å². The Labute approximate surface area is 102 Å². The molecular weight excluding hydrogens is 249 g/mol. The molecule has 0 aromatic heterocycles. The fraction of sp³-hybridized carbons (Fsp3) is 0.400. The van der Waals surface area contributed by atoms with Crippen molar-refractivity contribution in [2.24, 2.45) is 0 Å². The SMILES string of the molecule is CC(=O)C=C(C)[O-].CC(=O)C=C(C)[O-].[Zn+2]. The van der Waals surface area contributed by atoms with E-state index in [4.69, 9.17) is 0 Å². The number of carbonyl (C=O) groups excluding carboxylic acids is 2. The van der Waals surface area contributed by atoms with Crippen molar-refractivity contribution in [1.82, 2.24) is 0 Å². The first-order valence-electron chi connectivity index (χ1n) is 3.97. The van der Waals surface area contributed by atoms with Crippen LogP contribution < -0.4 is 10.2 Å². The smallest absolute Gasteiger partial charge is 0.876 e. The molecule has 0 heterocycles. The van der Waals surface area contributed by atoms with E-state index >= 15 is 0 Å². The summed E-state index contributed by atoms with van der Waals surface area (Å²) in [6.07, 6.45) is 2.11. The normalized spacial score (nSPS) is 10.7. The van der Waals surface area contributed by atoms with Gasteiger partial charge < -0.3 is 10.2 Å². The monoisotopic (exact) mass is 262 g/mol. The maximum Gasteiger partial charge on any atom is 2.00 e. The molecule has 0 saturated carbocycles. The molecule has 0 fully saturated rings. The maximum absolute atomic E-state index is 9.98. The molecule has 5 heteroatoms. The van der Waals surface area contributed by atoms with Crippen LogP contribution in [0.5, 0.6) is 0 Å². The number of allylic oxidation sites excluding steroid dienone is 4. The molecule has 0 rings (SSSR count). The zero-order valence-electron chi connectivity index (χ0n) is 9.49. The van der Waals surface area contributed by atoms with Crippen LogP contribution in [0, 0.1) is 0 Å². The number of rotatable bonds is 2. The van der Waals surface area contributed by atoms with Gasteiger partial charge in [-0.2, -0.15) is 0 Å². The van der Waals surface area contributed by atoms with E-state index in [0.717, 1.165) is 12.2 Å². The average Bonchev–Trinajstić information content (AvgIpc) is 1.79. The number of hydrogen-bond donors (Lipinski definition) is 0. The van der Waals surface area contributed by atoms with Crippen molar-refractivity contribution in [3.8, 4) is 0 Å². The Bertz CT molecular complexity index is 231. The third-order valence-corrected chi connectivity index (χ3v) is 0.813. The molecule has 15 heavy (non-hydrogen) atoms. The van der Waals surface area contributed by atoms with E-state index in [2.05, 4.69) is 0 Å². The van der Waals surface area contributed by atoms with Gasteiger partial charge in [0, 0.05) is 0 Å². The number of ketones is 2. The van der Waals surface area contributed by atoms with Gasteiger partial charge in [0.1, 0.15) is 0 Å². The fourth-order valence-electron chi connectivity index (χ4n) is 0.572. The Hall–Kier alpha value is -0.957. The Balaban J connectivity index is -0.000000180. The molecular formula is C10H14O4Zn. The molecule has 0 radical (unpaired) electrons. The van der Waals surface area contributed by atoms with Crippen LogP contribution in [0.1, 0.15) is 27.7 Å². The molecule has 4 nitrogen and oxygen atoms in total. The standard InChI is InChI=1S/2C5H8O2.Zn/c2*1-4(6)3-5(2)7;/h2*3,6H,1-2H3;/q;;+2/p-2. The van der Waals surface area contributed by atoms with Crippen molar-refractivity contribution in [3.63, 3.8) is 0 Å². The minimum atomic E-state index is -0.187. The number of hydrogen-bond acceptors (Lipinski definition) is 4. The molecule has 0 aliphatic carbocycles. The first-order valence-corrected chi connectivity index (χ1v) is 3.97. The summed E-state index contributed by atoms with van der Waals surface area (Å²) < 4.78 is 0. The summed E-state index contributed by atoms with van der Waals surface area (Å²) in [6, 6.07) is 0. The molecule has 0 N–H and O–H groups in total. The van der Waals surface area contributed by atoms with Crippen LogP contribution in [0.15, 0.2) is 23.7 Å². The third kappa shape index (κ3) is 32.1. The predicted molar refractivity (Wildman–Crippen MR) is 48.9 cm³/mol. The van der Waals surface area contributed by atoms with Gasteiger partial charge in [0.25, 0.3) is 0 Å². The summed E-state index contributed by atoms with van der Waals surface area (Å²) in [5.74, 6) is -0.750. The summed E-state index contributed by atoms with van der Waals surface area (Å²) in [5.41, 5.74) is 0.